The van der Waals surface area contributed by atoms with Crippen molar-refractivity contribution >= 4 is 23.4 Å². The van der Waals surface area contributed by atoms with Gasteiger partial charge in [-0.15, -0.1) is 10.2 Å². The lowest BCUT2D eigenvalue weighted by Gasteiger charge is -2.06. The summed E-state index contributed by atoms with van der Waals surface area (Å²) in [5, 5.41) is 12.1. The molecule has 0 fully saturated rings. The first kappa shape index (κ1) is 19.1. The van der Waals surface area contributed by atoms with E-state index < -0.39 is 0 Å². The number of amides is 1. The summed E-state index contributed by atoms with van der Waals surface area (Å²) >= 11 is 1.38. The van der Waals surface area contributed by atoms with Crippen molar-refractivity contribution in [2.45, 2.75) is 31.2 Å². The monoisotopic (exact) mass is 377 g/mol. The number of hydrogen-bond donors (Lipinski definition) is 1. The minimum absolute atomic E-state index is 0.0461. The van der Waals surface area contributed by atoms with E-state index in [1.807, 2.05) is 54.6 Å². The molecular weight excluding hydrogens is 354 g/mol. The van der Waals surface area contributed by atoms with Gasteiger partial charge in [-0.3, -0.25) is 4.79 Å². The minimum atomic E-state index is -0.0461. The third-order valence-corrected chi connectivity index (χ3v) is 5.04. The van der Waals surface area contributed by atoms with Gasteiger partial charge in [0.1, 0.15) is 5.03 Å². The molecule has 0 spiro atoms. The van der Waals surface area contributed by atoms with Crippen LogP contribution in [-0.4, -0.2) is 21.9 Å². The first-order valence-electron chi connectivity index (χ1n) is 9.15. The third kappa shape index (κ3) is 5.93. The zero-order chi connectivity index (χ0) is 18.9. The molecule has 0 bridgehead atoms. The van der Waals surface area contributed by atoms with Gasteiger partial charge < -0.3 is 5.32 Å². The summed E-state index contributed by atoms with van der Waals surface area (Å²) in [6.07, 6.45) is 3.45. The van der Waals surface area contributed by atoms with Crippen molar-refractivity contribution in [1.82, 2.24) is 10.2 Å². The average molecular weight is 378 g/mol. The molecule has 1 N–H and O–H groups in total. The lowest BCUT2D eigenvalue weighted by molar-refractivity contribution is -0.113. The maximum Gasteiger partial charge on any atom is 0.234 e. The lowest BCUT2D eigenvalue weighted by atomic mass is 10.1. The van der Waals surface area contributed by atoms with Gasteiger partial charge in [-0.25, -0.2) is 0 Å². The van der Waals surface area contributed by atoms with E-state index in [2.05, 4.69) is 34.6 Å². The Hall–Kier alpha value is -2.66. The fraction of sp³-hybridized carbons (Fsp3) is 0.227. The lowest BCUT2D eigenvalue weighted by Crippen LogP contribution is -2.14. The summed E-state index contributed by atoms with van der Waals surface area (Å²) in [4.78, 5) is 12.2. The van der Waals surface area contributed by atoms with Crippen LogP contribution in [0.4, 0.5) is 5.69 Å². The van der Waals surface area contributed by atoms with Crippen molar-refractivity contribution in [3.05, 3.63) is 72.3 Å². The van der Waals surface area contributed by atoms with E-state index in [0.717, 1.165) is 28.4 Å². The molecule has 0 atom stereocenters. The molecule has 0 aliphatic rings. The zero-order valence-electron chi connectivity index (χ0n) is 15.4. The highest BCUT2D eigenvalue weighted by Crippen LogP contribution is 2.20. The summed E-state index contributed by atoms with van der Waals surface area (Å²) in [5.41, 5.74) is 3.98. The molecule has 0 unspecified atom stereocenters. The van der Waals surface area contributed by atoms with Crippen molar-refractivity contribution in [3.63, 3.8) is 0 Å². The Labute approximate surface area is 164 Å². The maximum atomic E-state index is 12.2. The summed E-state index contributed by atoms with van der Waals surface area (Å²) < 4.78 is 0. The molecule has 0 aliphatic heterocycles. The van der Waals surface area contributed by atoms with Crippen LogP contribution in [-0.2, 0) is 11.2 Å². The Morgan fingerprint density at radius 2 is 1.74 bits per heavy atom. The first-order valence-corrected chi connectivity index (χ1v) is 10.1. The van der Waals surface area contributed by atoms with Crippen LogP contribution in [0.1, 0.15) is 25.3 Å². The molecule has 138 valence electrons. The molecule has 1 heterocycles. The van der Waals surface area contributed by atoms with Crippen LogP contribution < -0.4 is 5.32 Å². The number of hydrogen-bond acceptors (Lipinski definition) is 4. The predicted molar refractivity (Wildman–Crippen MR) is 112 cm³/mol. The Bertz CT molecular complexity index is 849. The number of nitrogens with one attached hydrogen (secondary N) is 1. The van der Waals surface area contributed by atoms with Gasteiger partial charge in [0, 0.05) is 11.3 Å². The fourth-order valence-electron chi connectivity index (χ4n) is 2.63. The van der Waals surface area contributed by atoms with Crippen molar-refractivity contribution in [1.29, 1.82) is 0 Å². The predicted octanol–water partition coefficient (Wildman–Crippen LogP) is 5.22. The molecule has 0 saturated heterocycles. The highest BCUT2D eigenvalue weighted by molar-refractivity contribution is 7.99. The highest BCUT2D eigenvalue weighted by atomic mass is 32.2. The number of anilines is 1. The number of nitrogens with zero attached hydrogens (tertiary/aromatic N) is 2. The summed E-state index contributed by atoms with van der Waals surface area (Å²) in [6.45, 7) is 2.19. The summed E-state index contributed by atoms with van der Waals surface area (Å²) in [5.74, 6) is 0.256. The molecular formula is C22H23N3OS. The fourth-order valence-corrected chi connectivity index (χ4v) is 3.25. The number of benzene rings is 2. The zero-order valence-corrected chi connectivity index (χ0v) is 16.2. The smallest absolute Gasteiger partial charge is 0.234 e. The van der Waals surface area contributed by atoms with E-state index in [1.165, 1.54) is 30.2 Å². The Morgan fingerprint density at radius 3 is 2.41 bits per heavy atom. The third-order valence-electron chi connectivity index (χ3n) is 4.12. The van der Waals surface area contributed by atoms with E-state index in [9.17, 15) is 4.79 Å². The standard InChI is InChI=1S/C22H23N3OS/c1-2-3-7-17-10-12-19(13-11-17)23-21(26)16-27-22-15-14-20(24-25-22)18-8-5-4-6-9-18/h4-6,8-15H,2-3,7,16H2,1H3,(H,23,26). The average Bonchev–Trinajstić information content (AvgIpc) is 2.73. The van der Waals surface area contributed by atoms with Gasteiger partial charge in [0.2, 0.25) is 5.91 Å². The Kier molecular flexibility index (Phi) is 6.99. The molecule has 0 saturated carbocycles. The van der Waals surface area contributed by atoms with Crippen molar-refractivity contribution in [2.24, 2.45) is 0 Å². The number of carbonyl (C=O) groups is 1. The van der Waals surface area contributed by atoms with E-state index in [-0.39, 0.29) is 5.91 Å². The Balaban J connectivity index is 1.49. The van der Waals surface area contributed by atoms with E-state index in [0.29, 0.717) is 5.75 Å². The summed E-state index contributed by atoms with van der Waals surface area (Å²) in [7, 11) is 0. The van der Waals surface area contributed by atoms with Crippen LogP contribution >= 0.6 is 11.8 Å². The van der Waals surface area contributed by atoms with Crippen LogP contribution in [0, 0.1) is 0 Å². The minimum Gasteiger partial charge on any atom is -0.325 e. The molecule has 0 radical (unpaired) electrons. The second kappa shape index (κ2) is 9.88. The molecule has 1 amide bonds. The van der Waals surface area contributed by atoms with Crippen LogP contribution in [0.25, 0.3) is 11.3 Å². The van der Waals surface area contributed by atoms with E-state index in [4.69, 9.17) is 0 Å². The maximum absolute atomic E-state index is 12.2. The Morgan fingerprint density at radius 1 is 0.963 bits per heavy atom. The second-order valence-corrected chi connectivity index (χ2v) is 7.26. The second-order valence-electron chi connectivity index (χ2n) is 6.26. The van der Waals surface area contributed by atoms with Gasteiger partial charge in [-0.2, -0.15) is 0 Å². The highest BCUT2D eigenvalue weighted by Gasteiger charge is 2.06. The molecule has 0 aliphatic carbocycles. The molecule has 27 heavy (non-hydrogen) atoms. The quantitative estimate of drug-likeness (QED) is 0.547. The SMILES string of the molecule is CCCCc1ccc(NC(=O)CSc2ccc(-c3ccccc3)nn2)cc1. The molecule has 2 aromatic carbocycles. The molecule has 3 rings (SSSR count). The molecule has 3 aromatic rings. The normalized spacial score (nSPS) is 10.6. The van der Waals surface area contributed by atoms with Gasteiger partial charge >= 0.3 is 0 Å². The van der Waals surface area contributed by atoms with Crippen LogP contribution in [0.3, 0.4) is 0 Å². The van der Waals surface area contributed by atoms with Gasteiger partial charge in [0.15, 0.2) is 0 Å². The van der Waals surface area contributed by atoms with Gasteiger partial charge in [0.25, 0.3) is 0 Å². The number of aryl methyl sites for hydroxylation is 1. The number of unbranched alkanes of at least 4 members (excludes halogenated alkanes) is 1. The number of rotatable bonds is 8. The van der Waals surface area contributed by atoms with Gasteiger partial charge in [-0.1, -0.05) is 67.6 Å². The summed E-state index contributed by atoms with van der Waals surface area (Å²) in [6, 6.07) is 21.8. The molecule has 5 heteroatoms. The van der Waals surface area contributed by atoms with Crippen LogP contribution in [0.2, 0.25) is 0 Å². The number of aromatic nitrogens is 2. The van der Waals surface area contributed by atoms with Crippen LogP contribution in [0.15, 0.2) is 71.8 Å². The van der Waals surface area contributed by atoms with Gasteiger partial charge in [0.05, 0.1) is 11.4 Å². The molecule has 1 aromatic heterocycles. The topological polar surface area (TPSA) is 54.9 Å². The van der Waals surface area contributed by atoms with Crippen LogP contribution in [0.5, 0.6) is 0 Å². The number of carbonyl (C=O) groups excluding carboxylic acids is 1. The first-order chi connectivity index (χ1) is 13.2. The molecule has 4 nitrogen and oxygen atoms in total. The number of thioether (sulfide) groups is 1. The van der Waals surface area contributed by atoms with Crippen molar-refractivity contribution in [2.75, 3.05) is 11.1 Å². The largest absolute Gasteiger partial charge is 0.325 e. The van der Waals surface area contributed by atoms with Gasteiger partial charge in [-0.05, 0) is 42.7 Å². The van der Waals surface area contributed by atoms with Crippen molar-refractivity contribution < 1.29 is 4.79 Å². The van der Waals surface area contributed by atoms with E-state index in [1.54, 1.807) is 0 Å². The van der Waals surface area contributed by atoms with E-state index >= 15 is 0 Å². The van der Waals surface area contributed by atoms with Crippen molar-refractivity contribution in [3.8, 4) is 11.3 Å².